The lowest BCUT2D eigenvalue weighted by Gasteiger charge is -2.13. The van der Waals surface area contributed by atoms with E-state index >= 15 is 0 Å². The molecule has 2 aromatic heterocycles. The van der Waals surface area contributed by atoms with Crippen LogP contribution in [-0.4, -0.2) is 15.5 Å². The molecule has 0 aliphatic carbocycles. The molecule has 1 amide bonds. The summed E-state index contributed by atoms with van der Waals surface area (Å²) in [4.78, 5) is 29.6. The van der Waals surface area contributed by atoms with Crippen molar-refractivity contribution in [2.75, 3.05) is 11.1 Å². The Labute approximate surface area is 197 Å². The zero-order valence-electron chi connectivity index (χ0n) is 17.7. The topological polar surface area (TPSA) is 99.2 Å². The van der Waals surface area contributed by atoms with Gasteiger partial charge in [0.2, 0.25) is 0 Å². The van der Waals surface area contributed by atoms with Crippen LogP contribution in [0.1, 0.15) is 16.1 Å². The molecule has 4 rings (SSSR count). The van der Waals surface area contributed by atoms with E-state index in [9.17, 15) is 18.4 Å². The minimum atomic E-state index is -0.781. The Morgan fingerprint density at radius 2 is 1.79 bits per heavy atom. The summed E-state index contributed by atoms with van der Waals surface area (Å²) in [5.41, 5.74) is 5.90. The summed E-state index contributed by atoms with van der Waals surface area (Å²) in [6.07, 6.45) is 1.36. The molecule has 0 aliphatic heterocycles. The normalized spacial score (nSPS) is 10.7. The summed E-state index contributed by atoms with van der Waals surface area (Å²) in [5.74, 6) is -1.97. The molecule has 4 aromatic rings. The standard InChI is InChI=1S/C24H17ClF2N4O3/c1-13-2-8-17(24(33)31(13)16-6-3-14(26)4-7-16)23(32)30-15-5-9-19(18(27)12-15)34-20-10-11-29-22(28)21(20)25/h2-12H,1H3,(H2,28,29)(H,30,32). The van der Waals surface area contributed by atoms with Crippen LogP contribution >= 0.6 is 11.6 Å². The first-order valence-corrected chi connectivity index (χ1v) is 10.3. The van der Waals surface area contributed by atoms with E-state index in [-0.39, 0.29) is 33.6 Å². The zero-order valence-corrected chi connectivity index (χ0v) is 18.4. The van der Waals surface area contributed by atoms with E-state index in [4.69, 9.17) is 22.1 Å². The Morgan fingerprint density at radius 3 is 2.50 bits per heavy atom. The number of hydrogen-bond donors (Lipinski definition) is 2. The second kappa shape index (κ2) is 9.32. The first kappa shape index (κ1) is 22.9. The van der Waals surface area contributed by atoms with E-state index in [0.717, 1.165) is 6.07 Å². The molecule has 0 aliphatic rings. The predicted molar refractivity (Wildman–Crippen MR) is 125 cm³/mol. The van der Waals surface area contributed by atoms with Gasteiger partial charge in [-0.3, -0.25) is 14.2 Å². The molecule has 0 fully saturated rings. The Morgan fingerprint density at radius 1 is 1.06 bits per heavy atom. The molecule has 0 saturated carbocycles. The van der Waals surface area contributed by atoms with Gasteiger partial charge >= 0.3 is 0 Å². The van der Waals surface area contributed by atoms with Crippen LogP contribution in [0.25, 0.3) is 5.69 Å². The highest BCUT2D eigenvalue weighted by atomic mass is 35.5. The highest BCUT2D eigenvalue weighted by molar-refractivity contribution is 6.34. The first-order chi connectivity index (χ1) is 16.2. The number of nitrogens with zero attached hydrogens (tertiary/aromatic N) is 2. The van der Waals surface area contributed by atoms with Crippen LogP contribution in [0.15, 0.2) is 71.7 Å². The minimum absolute atomic E-state index is 0.0350. The van der Waals surface area contributed by atoms with Crippen molar-refractivity contribution >= 4 is 29.0 Å². The van der Waals surface area contributed by atoms with E-state index in [0.29, 0.717) is 11.4 Å². The summed E-state index contributed by atoms with van der Waals surface area (Å²) >= 11 is 6.01. The maximum absolute atomic E-state index is 14.6. The number of halogens is 3. The lowest BCUT2D eigenvalue weighted by Crippen LogP contribution is -2.29. The Hall–Kier alpha value is -4.24. The van der Waals surface area contributed by atoms with E-state index in [2.05, 4.69) is 10.3 Å². The second-order valence-corrected chi connectivity index (χ2v) is 7.59. The number of benzene rings is 2. The van der Waals surface area contributed by atoms with Crippen LogP contribution < -0.4 is 21.3 Å². The maximum Gasteiger partial charge on any atom is 0.268 e. The second-order valence-electron chi connectivity index (χ2n) is 7.22. The highest BCUT2D eigenvalue weighted by Gasteiger charge is 2.17. The third kappa shape index (κ3) is 4.60. The first-order valence-electron chi connectivity index (χ1n) is 9.92. The van der Waals surface area contributed by atoms with Gasteiger partial charge in [-0.25, -0.2) is 13.8 Å². The average molecular weight is 483 g/mol. The number of carbonyl (C=O) groups excluding carboxylic acids is 1. The molecule has 7 nitrogen and oxygen atoms in total. The molecular weight excluding hydrogens is 466 g/mol. The number of aryl methyl sites for hydroxylation is 1. The van der Waals surface area contributed by atoms with E-state index < -0.39 is 23.1 Å². The summed E-state index contributed by atoms with van der Waals surface area (Å²) in [6, 6.07) is 13.4. The van der Waals surface area contributed by atoms with E-state index in [1.54, 1.807) is 13.0 Å². The lowest BCUT2D eigenvalue weighted by atomic mass is 10.2. The van der Waals surface area contributed by atoms with E-state index in [1.807, 2.05) is 0 Å². The number of rotatable bonds is 5. The minimum Gasteiger partial charge on any atom is -0.453 e. The Kier molecular flexibility index (Phi) is 6.29. The molecule has 2 heterocycles. The molecule has 0 saturated heterocycles. The van der Waals surface area contributed by atoms with Crippen molar-refractivity contribution in [3.63, 3.8) is 0 Å². The third-order valence-electron chi connectivity index (χ3n) is 4.90. The van der Waals surface area contributed by atoms with Gasteiger partial charge in [-0.15, -0.1) is 0 Å². The summed E-state index contributed by atoms with van der Waals surface area (Å²) in [5, 5.41) is 2.53. The summed E-state index contributed by atoms with van der Waals surface area (Å²) in [7, 11) is 0. The van der Waals surface area contributed by atoms with Crippen LogP contribution in [0.3, 0.4) is 0 Å². The van der Waals surface area contributed by atoms with E-state index in [1.165, 1.54) is 59.3 Å². The fraction of sp³-hybridized carbons (Fsp3) is 0.0417. The molecule has 172 valence electrons. The van der Waals surface area contributed by atoms with Crippen LogP contribution in [0, 0.1) is 18.6 Å². The molecule has 0 spiro atoms. The van der Waals surface area contributed by atoms with Crippen molar-refractivity contribution in [2.45, 2.75) is 6.92 Å². The van der Waals surface area contributed by atoms with Crippen molar-refractivity contribution in [3.8, 4) is 17.2 Å². The largest absolute Gasteiger partial charge is 0.453 e. The predicted octanol–water partition coefficient (Wildman–Crippen LogP) is 5.10. The summed E-state index contributed by atoms with van der Waals surface area (Å²) in [6.45, 7) is 1.68. The third-order valence-corrected chi connectivity index (χ3v) is 5.28. The van der Waals surface area contributed by atoms with Gasteiger partial charge in [-0.1, -0.05) is 11.6 Å². The Bertz CT molecular complexity index is 1460. The molecular formula is C24H17ClF2N4O3. The average Bonchev–Trinajstić information content (AvgIpc) is 2.80. The Balaban J connectivity index is 1.58. The molecule has 0 bridgehead atoms. The molecule has 3 N–H and O–H groups in total. The number of anilines is 2. The van der Waals surface area contributed by atoms with Crippen LogP contribution in [-0.2, 0) is 0 Å². The van der Waals surface area contributed by atoms with Crippen LogP contribution in [0.5, 0.6) is 11.5 Å². The lowest BCUT2D eigenvalue weighted by molar-refractivity contribution is 0.102. The number of amides is 1. The van der Waals surface area contributed by atoms with Gasteiger partial charge < -0.3 is 15.8 Å². The smallest absolute Gasteiger partial charge is 0.268 e. The highest BCUT2D eigenvalue weighted by Crippen LogP contribution is 2.33. The number of nitrogens with one attached hydrogen (secondary N) is 1. The molecule has 0 unspecified atom stereocenters. The van der Waals surface area contributed by atoms with Gasteiger partial charge in [0.15, 0.2) is 17.3 Å². The van der Waals surface area contributed by atoms with Gasteiger partial charge in [-0.2, -0.15) is 0 Å². The van der Waals surface area contributed by atoms with Crippen molar-refractivity contribution in [2.24, 2.45) is 0 Å². The van der Waals surface area contributed by atoms with Gasteiger partial charge in [0.25, 0.3) is 11.5 Å². The van der Waals surface area contributed by atoms with Crippen LogP contribution in [0.2, 0.25) is 5.02 Å². The maximum atomic E-state index is 14.6. The number of pyridine rings is 2. The molecule has 0 atom stereocenters. The van der Waals surface area contributed by atoms with Crippen molar-refractivity contribution < 1.29 is 18.3 Å². The number of nitrogens with two attached hydrogens (primary N) is 1. The molecule has 10 heteroatoms. The van der Waals surface area contributed by atoms with Crippen molar-refractivity contribution in [3.05, 3.63) is 105 Å². The van der Waals surface area contributed by atoms with Gasteiger partial charge in [-0.05, 0) is 55.5 Å². The number of hydrogen-bond acceptors (Lipinski definition) is 5. The number of ether oxygens (including phenoxy) is 1. The molecule has 34 heavy (non-hydrogen) atoms. The fourth-order valence-corrected chi connectivity index (χ4v) is 3.36. The quantitative estimate of drug-likeness (QED) is 0.412. The molecule has 0 radical (unpaired) electrons. The van der Waals surface area contributed by atoms with Gasteiger partial charge in [0.1, 0.15) is 22.2 Å². The number of carbonyl (C=O) groups is 1. The van der Waals surface area contributed by atoms with Crippen LogP contribution in [0.4, 0.5) is 20.3 Å². The number of nitrogen functional groups attached to an aromatic ring is 1. The SMILES string of the molecule is Cc1ccc(C(=O)Nc2ccc(Oc3ccnc(N)c3Cl)c(F)c2)c(=O)n1-c1ccc(F)cc1. The van der Waals surface area contributed by atoms with Gasteiger partial charge in [0, 0.05) is 35.4 Å². The van der Waals surface area contributed by atoms with Crippen molar-refractivity contribution in [1.82, 2.24) is 9.55 Å². The molecule has 2 aromatic carbocycles. The summed E-state index contributed by atoms with van der Waals surface area (Å²) < 4.78 is 34.6. The van der Waals surface area contributed by atoms with Gasteiger partial charge in [0.05, 0.1) is 0 Å². The fourth-order valence-electron chi connectivity index (χ4n) is 3.21. The number of aromatic nitrogens is 2. The monoisotopic (exact) mass is 482 g/mol. The zero-order chi connectivity index (χ0) is 24.4. The van der Waals surface area contributed by atoms with Crippen molar-refractivity contribution in [1.29, 1.82) is 0 Å².